The van der Waals surface area contributed by atoms with E-state index in [0.29, 0.717) is 23.6 Å². The number of carbonyl (C=O) groups is 2. The maximum Gasteiger partial charge on any atom is 0.416 e. The molecule has 26 heavy (non-hydrogen) atoms. The van der Waals surface area contributed by atoms with Crippen LogP contribution in [0.15, 0.2) is 48.5 Å². The van der Waals surface area contributed by atoms with Crippen molar-refractivity contribution in [2.24, 2.45) is 5.41 Å². The standard InChI is InChI=1S/C18H14ClF3N2O2/c19-12-4-6-13(7-5-12)23-15(25)17(8-9-17)16(26)24-14-3-1-2-11(10-14)18(20,21)22/h1-7,10H,8-9H2,(H,23,25)(H,24,26). The van der Waals surface area contributed by atoms with Crippen LogP contribution in [0.25, 0.3) is 0 Å². The zero-order valence-corrected chi connectivity index (χ0v) is 14.1. The van der Waals surface area contributed by atoms with Crippen molar-refractivity contribution in [1.82, 2.24) is 0 Å². The summed E-state index contributed by atoms with van der Waals surface area (Å²) in [7, 11) is 0. The van der Waals surface area contributed by atoms with Gasteiger partial charge in [-0.1, -0.05) is 17.7 Å². The Kier molecular flexibility index (Phi) is 4.66. The molecule has 2 aromatic rings. The van der Waals surface area contributed by atoms with E-state index in [2.05, 4.69) is 10.6 Å². The lowest BCUT2D eigenvalue weighted by molar-refractivity contribution is -0.137. The Morgan fingerprint density at radius 1 is 0.923 bits per heavy atom. The Bertz CT molecular complexity index is 846. The highest BCUT2D eigenvalue weighted by atomic mass is 35.5. The number of anilines is 2. The SMILES string of the molecule is O=C(Nc1ccc(Cl)cc1)C1(C(=O)Nc2cccc(C(F)(F)F)c2)CC1. The lowest BCUT2D eigenvalue weighted by Gasteiger charge is -2.16. The molecule has 1 aliphatic rings. The van der Waals surface area contributed by atoms with Crippen molar-refractivity contribution in [2.75, 3.05) is 10.6 Å². The van der Waals surface area contributed by atoms with E-state index in [1.54, 1.807) is 24.3 Å². The fourth-order valence-corrected chi connectivity index (χ4v) is 2.62. The molecule has 8 heteroatoms. The van der Waals surface area contributed by atoms with Gasteiger partial charge in [0, 0.05) is 16.4 Å². The van der Waals surface area contributed by atoms with Gasteiger partial charge < -0.3 is 10.6 Å². The maximum atomic E-state index is 12.8. The van der Waals surface area contributed by atoms with Crippen LogP contribution in [0.1, 0.15) is 18.4 Å². The summed E-state index contributed by atoms with van der Waals surface area (Å²) in [6.07, 6.45) is -3.85. The summed E-state index contributed by atoms with van der Waals surface area (Å²) < 4.78 is 38.3. The Morgan fingerprint density at radius 2 is 1.50 bits per heavy atom. The van der Waals surface area contributed by atoms with E-state index in [9.17, 15) is 22.8 Å². The second-order valence-corrected chi connectivity index (χ2v) is 6.51. The van der Waals surface area contributed by atoms with Gasteiger partial charge in [0.2, 0.25) is 11.8 Å². The largest absolute Gasteiger partial charge is 0.416 e. The van der Waals surface area contributed by atoms with Gasteiger partial charge >= 0.3 is 6.18 Å². The fourth-order valence-electron chi connectivity index (χ4n) is 2.49. The summed E-state index contributed by atoms with van der Waals surface area (Å²) >= 11 is 5.78. The lowest BCUT2D eigenvalue weighted by Crippen LogP contribution is -2.35. The zero-order chi connectivity index (χ0) is 18.9. The first-order valence-electron chi connectivity index (χ1n) is 7.76. The van der Waals surface area contributed by atoms with Gasteiger partial charge in [-0.2, -0.15) is 13.2 Å². The van der Waals surface area contributed by atoms with E-state index in [1.165, 1.54) is 12.1 Å². The molecular weight excluding hydrogens is 369 g/mol. The molecule has 1 fully saturated rings. The molecular formula is C18H14ClF3N2O2. The number of benzene rings is 2. The van der Waals surface area contributed by atoms with Gasteiger partial charge in [-0.25, -0.2) is 0 Å². The Hall–Kier alpha value is -2.54. The van der Waals surface area contributed by atoms with Gasteiger partial charge in [0.25, 0.3) is 0 Å². The molecule has 0 bridgehead atoms. The minimum Gasteiger partial charge on any atom is -0.325 e. The predicted octanol–water partition coefficient (Wildman–Crippen LogP) is 4.72. The number of alkyl halides is 3. The second-order valence-electron chi connectivity index (χ2n) is 6.08. The van der Waals surface area contributed by atoms with Crippen LogP contribution in [0, 0.1) is 5.41 Å². The van der Waals surface area contributed by atoms with Crippen molar-refractivity contribution in [3.05, 3.63) is 59.1 Å². The van der Waals surface area contributed by atoms with E-state index in [-0.39, 0.29) is 5.69 Å². The number of amides is 2. The van der Waals surface area contributed by atoms with Gasteiger partial charge in [0.1, 0.15) is 5.41 Å². The minimum atomic E-state index is -4.51. The van der Waals surface area contributed by atoms with Crippen LogP contribution in [0.3, 0.4) is 0 Å². The predicted molar refractivity (Wildman–Crippen MR) is 91.8 cm³/mol. The van der Waals surface area contributed by atoms with Gasteiger partial charge in [-0.3, -0.25) is 9.59 Å². The van der Waals surface area contributed by atoms with Crippen molar-refractivity contribution in [3.63, 3.8) is 0 Å². The first-order valence-corrected chi connectivity index (χ1v) is 8.14. The Labute approximate surface area is 152 Å². The van der Waals surface area contributed by atoms with Crippen molar-refractivity contribution in [3.8, 4) is 0 Å². The number of nitrogens with one attached hydrogen (secondary N) is 2. The van der Waals surface area contributed by atoms with Crippen molar-refractivity contribution in [1.29, 1.82) is 0 Å². The number of halogens is 4. The van der Waals surface area contributed by atoms with Crippen molar-refractivity contribution < 1.29 is 22.8 Å². The second kappa shape index (κ2) is 6.64. The highest BCUT2D eigenvalue weighted by Crippen LogP contribution is 2.47. The summed E-state index contributed by atoms with van der Waals surface area (Å²) in [6.45, 7) is 0. The fraction of sp³-hybridized carbons (Fsp3) is 0.222. The molecule has 2 aromatic carbocycles. The number of hydrogen-bond acceptors (Lipinski definition) is 2. The summed E-state index contributed by atoms with van der Waals surface area (Å²) in [4.78, 5) is 24.9. The third-order valence-corrected chi connectivity index (χ3v) is 4.42. The molecule has 0 unspecified atom stereocenters. The molecule has 0 atom stereocenters. The molecule has 0 spiro atoms. The average molecular weight is 383 g/mol. The summed E-state index contributed by atoms with van der Waals surface area (Å²) in [6, 6.07) is 10.7. The van der Waals surface area contributed by atoms with Crippen molar-refractivity contribution >= 4 is 34.8 Å². The minimum absolute atomic E-state index is 0.00427. The first-order chi connectivity index (χ1) is 12.2. The van der Waals surface area contributed by atoms with E-state index >= 15 is 0 Å². The smallest absolute Gasteiger partial charge is 0.325 e. The Morgan fingerprint density at radius 3 is 2.04 bits per heavy atom. The maximum absolute atomic E-state index is 12.8. The number of carbonyl (C=O) groups excluding carboxylic acids is 2. The van der Waals surface area contributed by atoms with Crippen LogP contribution in [0.5, 0.6) is 0 Å². The van der Waals surface area contributed by atoms with Gasteiger partial charge in [-0.05, 0) is 55.3 Å². The molecule has 2 amide bonds. The molecule has 4 nitrogen and oxygen atoms in total. The van der Waals surface area contributed by atoms with E-state index in [4.69, 9.17) is 11.6 Å². The van der Waals surface area contributed by atoms with Crippen LogP contribution in [-0.4, -0.2) is 11.8 Å². The molecule has 0 aliphatic heterocycles. The van der Waals surface area contributed by atoms with Crippen LogP contribution < -0.4 is 10.6 Å². The molecule has 0 heterocycles. The van der Waals surface area contributed by atoms with Gasteiger partial charge in [-0.15, -0.1) is 0 Å². The Balaban J connectivity index is 1.71. The summed E-state index contributed by atoms with van der Waals surface area (Å²) in [5.74, 6) is -1.12. The molecule has 3 rings (SSSR count). The number of rotatable bonds is 4. The van der Waals surface area contributed by atoms with Crippen LogP contribution in [0.2, 0.25) is 5.02 Å². The topological polar surface area (TPSA) is 58.2 Å². The molecule has 0 aromatic heterocycles. The van der Waals surface area contributed by atoms with Crippen LogP contribution in [0.4, 0.5) is 24.5 Å². The van der Waals surface area contributed by atoms with E-state index < -0.39 is 29.0 Å². The normalized spacial score (nSPS) is 15.2. The zero-order valence-electron chi connectivity index (χ0n) is 13.4. The molecule has 136 valence electrons. The van der Waals surface area contributed by atoms with Gasteiger partial charge in [0.15, 0.2) is 0 Å². The monoisotopic (exact) mass is 382 g/mol. The highest BCUT2D eigenvalue weighted by Gasteiger charge is 2.56. The van der Waals surface area contributed by atoms with E-state index in [0.717, 1.165) is 12.1 Å². The number of hydrogen-bond donors (Lipinski definition) is 2. The van der Waals surface area contributed by atoms with Crippen LogP contribution in [-0.2, 0) is 15.8 Å². The lowest BCUT2D eigenvalue weighted by atomic mass is 10.0. The molecule has 1 saturated carbocycles. The third kappa shape index (κ3) is 3.83. The first kappa shape index (κ1) is 18.3. The highest BCUT2D eigenvalue weighted by molar-refractivity contribution is 6.30. The third-order valence-electron chi connectivity index (χ3n) is 4.17. The quantitative estimate of drug-likeness (QED) is 0.752. The van der Waals surface area contributed by atoms with Crippen molar-refractivity contribution in [2.45, 2.75) is 19.0 Å². The summed E-state index contributed by atoms with van der Waals surface area (Å²) in [5, 5.41) is 5.55. The molecule has 0 radical (unpaired) electrons. The summed E-state index contributed by atoms with van der Waals surface area (Å²) in [5.41, 5.74) is -1.66. The molecule has 1 aliphatic carbocycles. The average Bonchev–Trinajstić information content (AvgIpc) is 3.38. The van der Waals surface area contributed by atoms with Crippen LogP contribution >= 0.6 is 11.6 Å². The van der Waals surface area contributed by atoms with Gasteiger partial charge in [0.05, 0.1) is 5.56 Å². The molecule has 0 saturated heterocycles. The molecule has 2 N–H and O–H groups in total. The van der Waals surface area contributed by atoms with E-state index in [1.807, 2.05) is 0 Å².